The van der Waals surface area contributed by atoms with Crippen molar-refractivity contribution >= 4 is 32.7 Å². The van der Waals surface area contributed by atoms with Gasteiger partial charge in [-0.15, -0.1) is 0 Å². The largest absolute Gasteiger partial charge is 0.416 e. The van der Waals surface area contributed by atoms with Gasteiger partial charge < -0.3 is 5.32 Å². The molecule has 3 heterocycles. The highest BCUT2D eigenvalue weighted by molar-refractivity contribution is 7.85. The maximum Gasteiger partial charge on any atom is 0.416 e. The standard InChI is InChI=1S/C23H20F3N5.C6H6O3S/c1-22(2,3)18-19(17-11-6-14-5-4-12-27-20(14)31-17)28-13-29-21(18)30-16-9-7-15(8-10-16)23(24,25)26;7-10(8,9)6-4-2-1-3-5-6/h4-13H,1-3H3,(H,28,29,30);1-5H,(H,7,8,9). The summed E-state index contributed by atoms with van der Waals surface area (Å²) in [5.41, 5.74) is 2.12. The van der Waals surface area contributed by atoms with Crippen LogP contribution in [0.3, 0.4) is 0 Å². The molecule has 0 aliphatic heterocycles. The molecular weight excluding hydrogens is 555 g/mol. The third kappa shape index (κ3) is 7.41. The van der Waals surface area contributed by atoms with Crippen LogP contribution in [0, 0.1) is 0 Å². The lowest BCUT2D eigenvalue weighted by atomic mass is 9.85. The maximum absolute atomic E-state index is 12.9. The number of benzene rings is 2. The zero-order valence-corrected chi connectivity index (χ0v) is 23.1. The van der Waals surface area contributed by atoms with Crippen molar-refractivity contribution in [3.63, 3.8) is 0 Å². The molecule has 5 rings (SSSR count). The molecule has 0 aliphatic carbocycles. The van der Waals surface area contributed by atoms with E-state index in [0.29, 0.717) is 28.5 Å². The van der Waals surface area contributed by atoms with Gasteiger partial charge in [-0.3, -0.25) is 4.55 Å². The van der Waals surface area contributed by atoms with Crippen LogP contribution >= 0.6 is 0 Å². The summed E-state index contributed by atoms with van der Waals surface area (Å²) >= 11 is 0. The minimum Gasteiger partial charge on any atom is -0.340 e. The number of halogens is 3. The first kappa shape index (κ1) is 29.6. The fourth-order valence-corrected chi connectivity index (χ4v) is 4.44. The number of nitrogens with zero attached hydrogens (tertiary/aromatic N) is 4. The van der Waals surface area contributed by atoms with E-state index < -0.39 is 21.9 Å². The highest BCUT2D eigenvalue weighted by Crippen LogP contribution is 2.37. The first-order chi connectivity index (χ1) is 19.2. The summed E-state index contributed by atoms with van der Waals surface area (Å²) < 4.78 is 67.8. The average molecular weight is 582 g/mol. The average Bonchev–Trinajstić information content (AvgIpc) is 2.92. The molecule has 2 N–H and O–H groups in total. The number of nitrogens with one attached hydrogen (secondary N) is 1. The summed E-state index contributed by atoms with van der Waals surface area (Å²) in [5.74, 6) is 0.514. The second-order valence-electron chi connectivity index (χ2n) is 9.93. The van der Waals surface area contributed by atoms with Crippen LogP contribution in [0.1, 0.15) is 31.9 Å². The molecule has 0 radical (unpaired) electrons. The number of rotatable bonds is 4. The Morgan fingerprint density at radius 1 is 0.805 bits per heavy atom. The van der Waals surface area contributed by atoms with Gasteiger partial charge >= 0.3 is 6.18 Å². The summed E-state index contributed by atoms with van der Waals surface area (Å²) in [6.07, 6.45) is -1.28. The predicted molar refractivity (Wildman–Crippen MR) is 150 cm³/mol. The highest BCUT2D eigenvalue weighted by Gasteiger charge is 2.30. The molecule has 0 saturated carbocycles. The zero-order chi connectivity index (χ0) is 29.8. The van der Waals surface area contributed by atoms with Crippen molar-refractivity contribution in [2.75, 3.05) is 5.32 Å². The van der Waals surface area contributed by atoms with E-state index in [1.165, 1.54) is 30.6 Å². The molecule has 0 saturated heterocycles. The molecule has 3 aromatic heterocycles. The Morgan fingerprint density at radius 3 is 2.07 bits per heavy atom. The summed E-state index contributed by atoms with van der Waals surface area (Å²) in [4.78, 5) is 17.7. The van der Waals surface area contributed by atoms with Crippen molar-refractivity contribution in [3.05, 3.63) is 103 Å². The van der Waals surface area contributed by atoms with E-state index in [1.807, 2.05) is 45.0 Å². The van der Waals surface area contributed by atoms with Crippen LogP contribution in [-0.2, 0) is 21.7 Å². The van der Waals surface area contributed by atoms with Crippen molar-refractivity contribution in [2.45, 2.75) is 37.3 Å². The molecule has 0 amide bonds. The quantitative estimate of drug-likeness (QED) is 0.216. The van der Waals surface area contributed by atoms with Crippen LogP contribution in [0.2, 0.25) is 0 Å². The summed E-state index contributed by atoms with van der Waals surface area (Å²) in [6.45, 7) is 6.06. The SMILES string of the molecule is CC(C)(C)c1c(Nc2ccc(C(F)(F)F)cc2)ncnc1-c1ccc2cccnc2n1.O=S(=O)(O)c1ccccc1. The minimum absolute atomic E-state index is 0.0741. The summed E-state index contributed by atoms with van der Waals surface area (Å²) in [7, 11) is -4.00. The Morgan fingerprint density at radius 2 is 1.49 bits per heavy atom. The molecule has 212 valence electrons. The van der Waals surface area contributed by atoms with Gasteiger partial charge in [0.25, 0.3) is 10.1 Å². The van der Waals surface area contributed by atoms with Crippen LogP contribution in [0.25, 0.3) is 22.4 Å². The molecule has 12 heteroatoms. The number of alkyl halides is 3. The van der Waals surface area contributed by atoms with Crippen LogP contribution in [0.15, 0.2) is 96.3 Å². The minimum atomic E-state index is -4.38. The van der Waals surface area contributed by atoms with Gasteiger partial charge in [0.1, 0.15) is 12.1 Å². The first-order valence-electron chi connectivity index (χ1n) is 12.3. The van der Waals surface area contributed by atoms with E-state index in [4.69, 9.17) is 4.55 Å². The number of fused-ring (bicyclic) bond motifs is 1. The van der Waals surface area contributed by atoms with E-state index in [0.717, 1.165) is 23.1 Å². The van der Waals surface area contributed by atoms with E-state index in [2.05, 4.69) is 25.3 Å². The number of hydrogen-bond donors (Lipinski definition) is 2. The van der Waals surface area contributed by atoms with Gasteiger partial charge in [-0.2, -0.15) is 21.6 Å². The lowest BCUT2D eigenvalue weighted by molar-refractivity contribution is -0.137. The number of hydrogen-bond acceptors (Lipinski definition) is 7. The van der Waals surface area contributed by atoms with Crippen LogP contribution in [0.4, 0.5) is 24.7 Å². The molecule has 0 aliphatic rings. The van der Waals surface area contributed by atoms with Crippen molar-refractivity contribution < 1.29 is 26.1 Å². The second-order valence-corrected chi connectivity index (χ2v) is 11.4. The van der Waals surface area contributed by atoms with Crippen LogP contribution in [0.5, 0.6) is 0 Å². The fourth-order valence-electron chi connectivity index (χ4n) is 3.94. The van der Waals surface area contributed by atoms with E-state index in [-0.39, 0.29) is 10.3 Å². The van der Waals surface area contributed by atoms with Gasteiger partial charge in [-0.25, -0.2) is 19.9 Å². The Kier molecular flexibility index (Phi) is 8.36. The van der Waals surface area contributed by atoms with Crippen LogP contribution < -0.4 is 5.32 Å². The Hall–Kier alpha value is -4.42. The van der Waals surface area contributed by atoms with Crippen molar-refractivity contribution in [1.82, 2.24) is 19.9 Å². The lowest BCUT2D eigenvalue weighted by Crippen LogP contribution is -2.18. The molecular formula is C29H26F3N5O3S. The highest BCUT2D eigenvalue weighted by atomic mass is 32.2. The monoisotopic (exact) mass is 581 g/mol. The normalized spacial score (nSPS) is 12.0. The van der Waals surface area contributed by atoms with E-state index >= 15 is 0 Å². The second kappa shape index (κ2) is 11.6. The van der Waals surface area contributed by atoms with Gasteiger partial charge in [0.2, 0.25) is 0 Å². The predicted octanol–water partition coefficient (Wildman–Crippen LogP) is 7.08. The lowest BCUT2D eigenvalue weighted by Gasteiger charge is -2.25. The molecule has 2 aromatic carbocycles. The van der Waals surface area contributed by atoms with Crippen molar-refractivity contribution in [3.8, 4) is 11.4 Å². The van der Waals surface area contributed by atoms with Crippen LogP contribution in [-0.4, -0.2) is 32.9 Å². The molecule has 0 bridgehead atoms. The Labute approximate surface area is 235 Å². The molecule has 0 atom stereocenters. The van der Waals surface area contributed by atoms with Gasteiger partial charge in [0.15, 0.2) is 5.65 Å². The molecule has 0 unspecified atom stereocenters. The maximum atomic E-state index is 12.9. The smallest absolute Gasteiger partial charge is 0.340 e. The number of aromatic nitrogens is 4. The van der Waals surface area contributed by atoms with Gasteiger partial charge in [-0.05, 0) is 66.1 Å². The van der Waals surface area contributed by atoms with E-state index in [1.54, 1.807) is 24.4 Å². The molecule has 5 aromatic rings. The summed E-state index contributed by atoms with van der Waals surface area (Å²) in [6, 6.07) is 19.9. The third-order valence-electron chi connectivity index (χ3n) is 5.82. The molecule has 8 nitrogen and oxygen atoms in total. The zero-order valence-electron chi connectivity index (χ0n) is 22.3. The topological polar surface area (TPSA) is 118 Å². The Balaban J connectivity index is 0.000000328. The van der Waals surface area contributed by atoms with Gasteiger partial charge in [0.05, 0.1) is 21.8 Å². The third-order valence-corrected chi connectivity index (χ3v) is 6.69. The van der Waals surface area contributed by atoms with Crippen molar-refractivity contribution in [1.29, 1.82) is 0 Å². The fraction of sp³-hybridized carbons (Fsp3) is 0.172. The molecule has 41 heavy (non-hydrogen) atoms. The number of pyridine rings is 2. The summed E-state index contributed by atoms with van der Waals surface area (Å²) in [5, 5.41) is 4.06. The van der Waals surface area contributed by atoms with Gasteiger partial charge in [0, 0.05) is 22.8 Å². The van der Waals surface area contributed by atoms with E-state index in [9.17, 15) is 21.6 Å². The molecule has 0 fully saturated rings. The molecule has 0 spiro atoms. The van der Waals surface area contributed by atoms with Crippen molar-refractivity contribution in [2.24, 2.45) is 0 Å². The Bertz CT molecular complexity index is 1760. The first-order valence-corrected chi connectivity index (χ1v) is 13.7. The van der Waals surface area contributed by atoms with Gasteiger partial charge in [-0.1, -0.05) is 39.0 Å². The number of anilines is 2.